The number of rotatable bonds is 4. The van der Waals surface area contributed by atoms with Crippen LogP contribution in [0, 0.1) is 52.3 Å². The van der Waals surface area contributed by atoms with E-state index in [2.05, 4.69) is 46.8 Å². The largest absolute Gasteiger partial charge is 0.393 e. The molecule has 0 aromatic rings. The van der Waals surface area contributed by atoms with Gasteiger partial charge in [-0.2, -0.15) is 0 Å². The Labute approximate surface area is 189 Å². The first kappa shape index (κ1) is 21.2. The molecule has 5 fully saturated rings. The van der Waals surface area contributed by atoms with Gasteiger partial charge in [0.05, 0.1) is 6.10 Å². The Bertz CT molecular complexity index is 776. The SMILES string of the molecule is CC(C)C[C@H]1C[C@@H]1[C@@H](C)[C@H]1CC[C@@H]2[C@]1(C)CC[C@H]1[C@]23C=C[C@]2(C[C@@H](O)CC[C@]12C)OO3. The van der Waals surface area contributed by atoms with Crippen molar-refractivity contribution in [3.63, 3.8) is 0 Å². The molecule has 5 aliphatic carbocycles. The maximum atomic E-state index is 10.4. The molecule has 4 saturated carbocycles. The zero-order valence-electron chi connectivity index (χ0n) is 20.4. The molecule has 2 aliphatic heterocycles. The molecular formula is C28H44O3. The molecule has 3 heteroatoms. The topological polar surface area (TPSA) is 38.7 Å². The minimum atomic E-state index is -0.422. The Balaban J connectivity index is 1.30. The third-order valence-corrected chi connectivity index (χ3v) is 11.8. The summed E-state index contributed by atoms with van der Waals surface area (Å²) in [6.45, 7) is 12.4. The van der Waals surface area contributed by atoms with Crippen molar-refractivity contribution in [2.75, 3.05) is 0 Å². The van der Waals surface area contributed by atoms with Crippen molar-refractivity contribution in [3.05, 3.63) is 12.2 Å². The lowest BCUT2D eigenvalue weighted by Crippen LogP contribution is -2.73. The molecule has 1 N–H and O–H groups in total. The maximum Gasteiger partial charge on any atom is 0.130 e. The molecule has 2 heterocycles. The van der Waals surface area contributed by atoms with Crippen LogP contribution >= 0.6 is 0 Å². The van der Waals surface area contributed by atoms with Gasteiger partial charge in [0, 0.05) is 23.7 Å². The minimum Gasteiger partial charge on any atom is -0.393 e. The van der Waals surface area contributed by atoms with Gasteiger partial charge in [0.25, 0.3) is 0 Å². The molecule has 0 aromatic heterocycles. The number of hydrogen-bond donors (Lipinski definition) is 1. The molecule has 0 amide bonds. The molecule has 174 valence electrons. The summed E-state index contributed by atoms with van der Waals surface area (Å²) in [6.07, 6.45) is 15.2. The highest BCUT2D eigenvalue weighted by atomic mass is 17.2. The summed E-state index contributed by atoms with van der Waals surface area (Å²) >= 11 is 0. The zero-order valence-corrected chi connectivity index (χ0v) is 20.4. The minimum absolute atomic E-state index is 0.0864. The normalized spacial score (nSPS) is 58.0. The highest BCUT2D eigenvalue weighted by molar-refractivity contribution is 5.33. The van der Waals surface area contributed by atoms with E-state index in [0.29, 0.717) is 23.7 Å². The molecule has 0 unspecified atom stereocenters. The lowest BCUT2D eigenvalue weighted by atomic mass is 9.42. The van der Waals surface area contributed by atoms with Crippen LogP contribution in [0.2, 0.25) is 0 Å². The summed E-state index contributed by atoms with van der Waals surface area (Å²) in [4.78, 5) is 12.8. The van der Waals surface area contributed by atoms with Crippen LogP contribution in [-0.2, 0) is 9.78 Å². The molecule has 0 radical (unpaired) electrons. The van der Waals surface area contributed by atoms with E-state index >= 15 is 0 Å². The highest BCUT2D eigenvalue weighted by Gasteiger charge is 2.74. The average Bonchev–Trinajstić information content (AvgIpc) is 3.37. The van der Waals surface area contributed by atoms with Gasteiger partial charge in [-0.25, -0.2) is 9.78 Å². The molecule has 1 saturated heterocycles. The molecular weight excluding hydrogens is 384 g/mol. The summed E-state index contributed by atoms with van der Waals surface area (Å²) in [5, 5.41) is 10.4. The average molecular weight is 429 g/mol. The maximum absolute atomic E-state index is 10.4. The Kier molecular flexibility index (Phi) is 4.51. The van der Waals surface area contributed by atoms with Gasteiger partial charge in [-0.3, -0.25) is 0 Å². The first-order valence-corrected chi connectivity index (χ1v) is 13.4. The summed E-state index contributed by atoms with van der Waals surface area (Å²) in [6, 6.07) is 0. The van der Waals surface area contributed by atoms with Crippen LogP contribution in [0.4, 0.5) is 0 Å². The Hall–Kier alpha value is -0.380. The number of aliphatic hydroxyl groups excluding tert-OH is 1. The van der Waals surface area contributed by atoms with Gasteiger partial charge in [0.15, 0.2) is 0 Å². The van der Waals surface area contributed by atoms with Crippen molar-refractivity contribution < 1.29 is 14.9 Å². The third kappa shape index (κ3) is 2.63. The number of fused-ring (bicyclic) bond motifs is 2. The predicted molar refractivity (Wildman–Crippen MR) is 122 cm³/mol. The lowest BCUT2D eigenvalue weighted by Gasteiger charge is -2.69. The van der Waals surface area contributed by atoms with Gasteiger partial charge in [0.1, 0.15) is 11.2 Å². The van der Waals surface area contributed by atoms with Crippen LogP contribution in [0.5, 0.6) is 0 Å². The van der Waals surface area contributed by atoms with Gasteiger partial charge in [-0.15, -0.1) is 0 Å². The Morgan fingerprint density at radius 1 is 0.968 bits per heavy atom. The smallest absolute Gasteiger partial charge is 0.130 e. The number of hydrogen-bond acceptors (Lipinski definition) is 3. The second kappa shape index (κ2) is 6.60. The van der Waals surface area contributed by atoms with Gasteiger partial charge >= 0.3 is 0 Å². The summed E-state index contributed by atoms with van der Waals surface area (Å²) < 4.78 is 0. The zero-order chi connectivity index (χ0) is 21.8. The molecule has 0 aromatic carbocycles. The van der Waals surface area contributed by atoms with Crippen LogP contribution in [0.15, 0.2) is 12.2 Å². The van der Waals surface area contributed by atoms with E-state index in [9.17, 15) is 5.11 Å². The van der Waals surface area contributed by atoms with Crippen LogP contribution in [0.25, 0.3) is 0 Å². The second-order valence-electron chi connectivity index (χ2n) is 13.5. The van der Waals surface area contributed by atoms with E-state index < -0.39 is 5.60 Å². The monoisotopic (exact) mass is 428 g/mol. The van der Waals surface area contributed by atoms with Crippen molar-refractivity contribution in [2.24, 2.45) is 52.3 Å². The van der Waals surface area contributed by atoms with Gasteiger partial charge < -0.3 is 5.11 Å². The standard InChI is InChI=1S/C28H44O3/c1-17(2)14-19-15-21(19)18(3)22-6-7-23-25(22,4)10-9-24-26(5)11-8-20(29)16-27(26)12-13-28(23,24)31-30-27/h12-13,17-24,29H,6-11,14-16H2,1-5H3/t18-,19+,20+,21-,22-,23-,24-,25-,26-,27-,28+/m1/s1. The Morgan fingerprint density at radius 2 is 1.77 bits per heavy atom. The quantitative estimate of drug-likeness (QED) is 0.421. The van der Waals surface area contributed by atoms with Gasteiger partial charge in [0.2, 0.25) is 0 Å². The Morgan fingerprint density at radius 3 is 2.48 bits per heavy atom. The lowest BCUT2D eigenvalue weighted by molar-refractivity contribution is -0.497. The molecule has 31 heavy (non-hydrogen) atoms. The van der Waals surface area contributed by atoms with E-state index in [-0.39, 0.29) is 17.1 Å². The van der Waals surface area contributed by atoms with Crippen molar-refractivity contribution in [3.8, 4) is 0 Å². The van der Waals surface area contributed by atoms with Crippen LogP contribution in [-0.4, -0.2) is 22.4 Å². The second-order valence-corrected chi connectivity index (χ2v) is 13.5. The number of aliphatic hydroxyl groups is 1. The van der Waals surface area contributed by atoms with Crippen molar-refractivity contribution in [2.45, 2.75) is 110 Å². The molecule has 2 bridgehead atoms. The summed E-state index contributed by atoms with van der Waals surface area (Å²) in [5.41, 5.74) is -0.227. The molecule has 3 nitrogen and oxygen atoms in total. The predicted octanol–water partition coefficient (Wildman–Crippen LogP) is 6.31. The molecule has 7 aliphatic rings. The van der Waals surface area contributed by atoms with E-state index in [1.165, 1.54) is 38.5 Å². The van der Waals surface area contributed by atoms with Crippen molar-refractivity contribution in [1.29, 1.82) is 0 Å². The molecule has 7 rings (SSSR count). The van der Waals surface area contributed by atoms with Crippen LogP contribution < -0.4 is 0 Å². The fourth-order valence-electron chi connectivity index (χ4n) is 10.1. The van der Waals surface area contributed by atoms with Crippen molar-refractivity contribution in [1.82, 2.24) is 0 Å². The highest BCUT2D eigenvalue weighted by Crippen LogP contribution is 2.73. The first-order chi connectivity index (χ1) is 14.7. The summed E-state index contributed by atoms with van der Waals surface area (Å²) in [5.74, 6) is 5.50. The van der Waals surface area contributed by atoms with Gasteiger partial charge in [-0.1, -0.05) is 40.7 Å². The third-order valence-electron chi connectivity index (χ3n) is 11.8. The van der Waals surface area contributed by atoms with Gasteiger partial charge in [-0.05, 0) is 92.4 Å². The van der Waals surface area contributed by atoms with E-state index in [0.717, 1.165) is 42.4 Å². The summed E-state index contributed by atoms with van der Waals surface area (Å²) in [7, 11) is 0. The van der Waals surface area contributed by atoms with Crippen LogP contribution in [0.3, 0.4) is 0 Å². The van der Waals surface area contributed by atoms with E-state index in [4.69, 9.17) is 9.78 Å². The molecule has 11 atom stereocenters. The van der Waals surface area contributed by atoms with Crippen molar-refractivity contribution >= 4 is 0 Å². The van der Waals surface area contributed by atoms with Crippen LogP contribution in [0.1, 0.15) is 92.4 Å². The first-order valence-electron chi connectivity index (χ1n) is 13.4. The van der Waals surface area contributed by atoms with E-state index in [1.54, 1.807) is 0 Å². The fraction of sp³-hybridized carbons (Fsp3) is 0.929. The fourth-order valence-corrected chi connectivity index (χ4v) is 10.1. The molecule has 2 spiro atoms. The van der Waals surface area contributed by atoms with E-state index in [1.807, 2.05) is 0 Å².